The number of phosphoric acid groups is 2. The van der Waals surface area contributed by atoms with Crippen LogP contribution in [0.15, 0.2) is 0 Å². The minimum absolute atomic E-state index is 0.102. The Labute approximate surface area is 92.4 Å². The molecule has 0 aromatic carbocycles. The summed E-state index contributed by atoms with van der Waals surface area (Å²) >= 11 is 0. The maximum absolute atomic E-state index is 8.88. The molecule has 102 valence electrons. The van der Waals surface area contributed by atoms with E-state index in [2.05, 4.69) is 6.92 Å². The second-order valence-corrected chi connectivity index (χ2v) is 4.53. The Morgan fingerprint density at radius 1 is 0.938 bits per heavy atom. The van der Waals surface area contributed by atoms with Gasteiger partial charge in [-0.1, -0.05) is 13.3 Å². The van der Waals surface area contributed by atoms with Gasteiger partial charge in [-0.05, 0) is 6.42 Å². The summed E-state index contributed by atoms with van der Waals surface area (Å²) in [6, 6.07) is 0. The Kier molecular flexibility index (Phi) is 13.8. The van der Waals surface area contributed by atoms with Crippen LogP contribution < -0.4 is 11.5 Å². The standard InChI is InChI=1S/C4H12N2.2H3O4P/c1-2-3-4(5)6;2*1-5(2,3)4/h4H,2-3,5-6H2,1H3;2*(H3,1,2,3,4). The summed E-state index contributed by atoms with van der Waals surface area (Å²) < 4.78 is 17.8. The van der Waals surface area contributed by atoms with Gasteiger partial charge >= 0.3 is 15.6 Å². The van der Waals surface area contributed by atoms with Gasteiger partial charge in [0.15, 0.2) is 0 Å². The topological polar surface area (TPSA) is 208 Å². The molecular weight excluding hydrogens is 266 g/mol. The highest BCUT2D eigenvalue weighted by molar-refractivity contribution is 7.45. The van der Waals surface area contributed by atoms with Crippen molar-refractivity contribution >= 4 is 15.6 Å². The molecule has 10 N–H and O–H groups in total. The van der Waals surface area contributed by atoms with E-state index in [9.17, 15) is 0 Å². The number of hydrogen-bond donors (Lipinski definition) is 8. The van der Waals surface area contributed by atoms with E-state index in [1.807, 2.05) is 0 Å². The fourth-order valence-corrected chi connectivity index (χ4v) is 0.333. The van der Waals surface area contributed by atoms with Crippen molar-refractivity contribution in [3.63, 3.8) is 0 Å². The molecule has 0 spiro atoms. The van der Waals surface area contributed by atoms with Crippen molar-refractivity contribution in [2.45, 2.75) is 25.9 Å². The third-order valence-electron chi connectivity index (χ3n) is 0.622. The van der Waals surface area contributed by atoms with Crippen LogP contribution >= 0.6 is 15.6 Å². The molecule has 0 heterocycles. The van der Waals surface area contributed by atoms with Crippen LogP contribution in [0.2, 0.25) is 0 Å². The van der Waals surface area contributed by atoms with E-state index in [0.717, 1.165) is 12.8 Å². The summed E-state index contributed by atoms with van der Waals surface area (Å²) in [5.41, 5.74) is 10.4. The predicted molar refractivity (Wildman–Crippen MR) is 55.6 cm³/mol. The molecule has 0 fully saturated rings. The normalized spacial score (nSPS) is 11.1. The lowest BCUT2D eigenvalue weighted by Gasteiger charge is -1.97. The van der Waals surface area contributed by atoms with Crippen molar-refractivity contribution in [2.24, 2.45) is 11.5 Å². The lowest BCUT2D eigenvalue weighted by molar-refractivity contribution is 0.272. The number of rotatable bonds is 2. The molecule has 0 rings (SSSR count). The minimum atomic E-state index is -4.64. The fraction of sp³-hybridized carbons (Fsp3) is 1.00. The van der Waals surface area contributed by atoms with Crippen LogP contribution in [0.25, 0.3) is 0 Å². The van der Waals surface area contributed by atoms with E-state index in [1.54, 1.807) is 0 Å². The summed E-state index contributed by atoms with van der Waals surface area (Å²) in [4.78, 5) is 43.1. The Balaban J connectivity index is -0.000000160. The van der Waals surface area contributed by atoms with Gasteiger partial charge in [-0.15, -0.1) is 0 Å². The Morgan fingerprint density at radius 2 is 1.12 bits per heavy atom. The lowest BCUT2D eigenvalue weighted by Crippen LogP contribution is -2.29. The van der Waals surface area contributed by atoms with Gasteiger partial charge in [0.2, 0.25) is 0 Å². The van der Waals surface area contributed by atoms with E-state index in [-0.39, 0.29) is 6.17 Å². The second-order valence-electron chi connectivity index (χ2n) is 2.48. The van der Waals surface area contributed by atoms with Crippen LogP contribution in [0.5, 0.6) is 0 Å². The van der Waals surface area contributed by atoms with E-state index in [4.69, 9.17) is 50.0 Å². The number of hydrogen-bond acceptors (Lipinski definition) is 4. The molecular formula is C4H18N2O8P2. The molecule has 0 aromatic heterocycles. The lowest BCUT2D eigenvalue weighted by atomic mass is 10.3. The summed E-state index contributed by atoms with van der Waals surface area (Å²) in [5.74, 6) is 0. The zero-order valence-corrected chi connectivity index (χ0v) is 10.3. The van der Waals surface area contributed by atoms with E-state index in [0.29, 0.717) is 0 Å². The third-order valence-corrected chi connectivity index (χ3v) is 0.622. The van der Waals surface area contributed by atoms with E-state index >= 15 is 0 Å². The zero-order chi connectivity index (χ0) is 14.0. The molecule has 12 heteroatoms. The monoisotopic (exact) mass is 284 g/mol. The molecule has 10 nitrogen and oxygen atoms in total. The van der Waals surface area contributed by atoms with Gasteiger partial charge in [-0.3, -0.25) is 0 Å². The van der Waals surface area contributed by atoms with E-state index < -0.39 is 15.6 Å². The van der Waals surface area contributed by atoms with Crippen molar-refractivity contribution in [3.8, 4) is 0 Å². The maximum Gasteiger partial charge on any atom is 0.466 e. The summed E-state index contributed by atoms with van der Waals surface area (Å²) in [6.07, 6.45) is 1.91. The Hall–Kier alpha value is 0.140. The summed E-state index contributed by atoms with van der Waals surface area (Å²) in [5, 5.41) is 0. The highest BCUT2D eigenvalue weighted by Gasteiger charge is 2.00. The smallest absolute Gasteiger partial charge is 0.316 e. The molecule has 0 saturated heterocycles. The van der Waals surface area contributed by atoms with Crippen LogP contribution in [-0.4, -0.2) is 35.5 Å². The van der Waals surface area contributed by atoms with E-state index in [1.165, 1.54) is 0 Å². The predicted octanol–water partition coefficient (Wildman–Crippen LogP) is -1.83. The largest absolute Gasteiger partial charge is 0.466 e. The first-order chi connectivity index (χ1) is 6.77. The second kappa shape index (κ2) is 10.3. The van der Waals surface area contributed by atoms with Gasteiger partial charge in [0.05, 0.1) is 6.17 Å². The Bertz CT molecular complexity index is 198. The highest BCUT2D eigenvalue weighted by atomic mass is 31.2. The van der Waals surface area contributed by atoms with Crippen molar-refractivity contribution in [3.05, 3.63) is 0 Å². The van der Waals surface area contributed by atoms with Crippen LogP contribution in [-0.2, 0) is 9.13 Å². The first-order valence-corrected chi connectivity index (χ1v) is 6.98. The quantitative estimate of drug-likeness (QED) is 0.210. The molecule has 0 amide bonds. The summed E-state index contributed by atoms with van der Waals surface area (Å²) in [6.45, 7) is 2.06. The fourth-order valence-electron chi connectivity index (χ4n) is 0.333. The molecule has 0 radical (unpaired) electrons. The molecule has 0 atom stereocenters. The molecule has 16 heavy (non-hydrogen) atoms. The van der Waals surface area contributed by atoms with Crippen LogP contribution in [0.1, 0.15) is 19.8 Å². The van der Waals surface area contributed by atoms with Gasteiger partial charge in [-0.2, -0.15) is 0 Å². The van der Waals surface area contributed by atoms with Gasteiger partial charge in [0, 0.05) is 0 Å². The third kappa shape index (κ3) is 248. The molecule has 0 aliphatic carbocycles. The average molecular weight is 284 g/mol. The molecule has 0 aliphatic heterocycles. The van der Waals surface area contributed by atoms with Gasteiger partial charge < -0.3 is 40.8 Å². The Morgan fingerprint density at radius 3 is 1.12 bits per heavy atom. The number of nitrogens with two attached hydrogens (primary N) is 2. The van der Waals surface area contributed by atoms with Gasteiger partial charge in [0.1, 0.15) is 0 Å². The van der Waals surface area contributed by atoms with Gasteiger partial charge in [-0.25, -0.2) is 9.13 Å². The van der Waals surface area contributed by atoms with Crippen molar-refractivity contribution < 1.29 is 38.5 Å². The van der Waals surface area contributed by atoms with Crippen LogP contribution in [0.3, 0.4) is 0 Å². The molecule has 0 aliphatic rings. The van der Waals surface area contributed by atoms with Crippen molar-refractivity contribution in [1.82, 2.24) is 0 Å². The molecule has 0 aromatic rings. The van der Waals surface area contributed by atoms with Crippen LogP contribution in [0, 0.1) is 0 Å². The molecule has 0 bridgehead atoms. The maximum atomic E-state index is 8.88. The van der Waals surface area contributed by atoms with Crippen molar-refractivity contribution in [2.75, 3.05) is 0 Å². The highest BCUT2D eigenvalue weighted by Crippen LogP contribution is 2.26. The van der Waals surface area contributed by atoms with Crippen molar-refractivity contribution in [1.29, 1.82) is 0 Å². The molecule has 0 unspecified atom stereocenters. The average Bonchev–Trinajstić information content (AvgIpc) is 1.76. The first-order valence-electron chi connectivity index (χ1n) is 3.85. The van der Waals surface area contributed by atoms with Gasteiger partial charge in [0.25, 0.3) is 0 Å². The zero-order valence-electron chi connectivity index (χ0n) is 8.54. The first kappa shape index (κ1) is 21.4. The minimum Gasteiger partial charge on any atom is -0.316 e. The molecule has 0 saturated carbocycles. The summed E-state index contributed by atoms with van der Waals surface area (Å²) in [7, 11) is -9.28. The van der Waals surface area contributed by atoms with Crippen LogP contribution in [0.4, 0.5) is 0 Å². The SMILES string of the molecule is CCCC(N)N.O=P(O)(O)O.O=P(O)(O)O.